The number of nitrogens with one attached hydrogen (secondary N) is 1. The van der Waals surface area contributed by atoms with Gasteiger partial charge >= 0.3 is 0 Å². The van der Waals surface area contributed by atoms with Crippen molar-refractivity contribution in [1.29, 1.82) is 0 Å². The summed E-state index contributed by atoms with van der Waals surface area (Å²) < 4.78 is 5.37. The van der Waals surface area contributed by atoms with Crippen LogP contribution in [0.1, 0.15) is 23.9 Å². The maximum absolute atomic E-state index is 11.8. The van der Waals surface area contributed by atoms with Gasteiger partial charge in [-0.05, 0) is 25.5 Å². The van der Waals surface area contributed by atoms with E-state index < -0.39 is 0 Å². The number of nitrogens with zero attached hydrogens (tertiary/aromatic N) is 1. The molecule has 0 spiro atoms. The van der Waals surface area contributed by atoms with Crippen LogP contribution in [0.4, 0.5) is 0 Å². The number of amides is 1. The van der Waals surface area contributed by atoms with Crippen molar-refractivity contribution in [3.8, 4) is 16.3 Å². The number of thiazole rings is 1. The van der Waals surface area contributed by atoms with Crippen LogP contribution in [0, 0.1) is 6.92 Å². The Kier molecular flexibility index (Phi) is 5.33. The molecule has 1 aromatic carbocycles. The molecule has 0 fully saturated rings. The Balaban J connectivity index is 2.21. The lowest BCUT2D eigenvalue weighted by atomic mass is 10.2. The van der Waals surface area contributed by atoms with Crippen LogP contribution in [-0.2, 0) is 11.2 Å². The molecule has 0 radical (unpaired) electrons. The molecule has 0 aliphatic carbocycles. The van der Waals surface area contributed by atoms with Crippen molar-refractivity contribution in [1.82, 2.24) is 10.3 Å². The summed E-state index contributed by atoms with van der Waals surface area (Å²) in [6.07, 6.45) is 1.33. The topological polar surface area (TPSA) is 51.2 Å². The number of aromatic nitrogens is 1. The van der Waals surface area contributed by atoms with Crippen molar-refractivity contribution >= 4 is 17.2 Å². The van der Waals surface area contributed by atoms with Crippen molar-refractivity contribution in [3.05, 3.63) is 34.8 Å². The molecule has 2 aromatic rings. The van der Waals surface area contributed by atoms with Crippen LogP contribution >= 0.6 is 11.3 Å². The molecular formula is C16H20N2O2S. The minimum atomic E-state index is 0.0511. The average molecular weight is 304 g/mol. The maximum atomic E-state index is 11.8. The molecule has 0 atom stereocenters. The smallest absolute Gasteiger partial charge is 0.225 e. The SMILES string of the molecule is CCCNC(=O)Cc1sc(-c2ccccc2OC)nc1C. The Morgan fingerprint density at radius 1 is 1.38 bits per heavy atom. The highest BCUT2D eigenvalue weighted by Crippen LogP contribution is 2.34. The van der Waals surface area contributed by atoms with Gasteiger partial charge in [0.1, 0.15) is 10.8 Å². The van der Waals surface area contributed by atoms with Gasteiger partial charge in [0.15, 0.2) is 0 Å². The number of rotatable bonds is 6. The van der Waals surface area contributed by atoms with E-state index in [-0.39, 0.29) is 5.91 Å². The molecule has 0 unspecified atom stereocenters. The fourth-order valence-corrected chi connectivity index (χ4v) is 3.09. The Morgan fingerprint density at radius 2 is 2.14 bits per heavy atom. The summed E-state index contributed by atoms with van der Waals surface area (Å²) >= 11 is 1.55. The summed E-state index contributed by atoms with van der Waals surface area (Å²) in [5.74, 6) is 0.850. The van der Waals surface area contributed by atoms with E-state index in [9.17, 15) is 4.79 Å². The van der Waals surface area contributed by atoms with Gasteiger partial charge in [-0.3, -0.25) is 4.79 Å². The summed E-state index contributed by atoms with van der Waals surface area (Å²) in [4.78, 5) is 17.4. The van der Waals surface area contributed by atoms with Crippen LogP contribution in [-0.4, -0.2) is 24.5 Å². The molecule has 0 bridgehead atoms. The van der Waals surface area contributed by atoms with Gasteiger partial charge in [0.25, 0.3) is 0 Å². The quantitative estimate of drug-likeness (QED) is 0.891. The van der Waals surface area contributed by atoms with Gasteiger partial charge in [-0.1, -0.05) is 19.1 Å². The van der Waals surface area contributed by atoms with Gasteiger partial charge in [-0.25, -0.2) is 4.98 Å². The summed E-state index contributed by atoms with van der Waals surface area (Å²) in [6, 6.07) is 7.79. The van der Waals surface area contributed by atoms with Crippen LogP contribution < -0.4 is 10.1 Å². The molecule has 0 aliphatic rings. The molecule has 112 valence electrons. The molecule has 4 nitrogen and oxygen atoms in total. The summed E-state index contributed by atoms with van der Waals surface area (Å²) in [5, 5.41) is 3.79. The number of hydrogen-bond donors (Lipinski definition) is 1. The van der Waals surface area contributed by atoms with Crippen LogP contribution in [0.3, 0.4) is 0 Å². The largest absolute Gasteiger partial charge is 0.496 e. The van der Waals surface area contributed by atoms with Crippen LogP contribution in [0.15, 0.2) is 24.3 Å². The van der Waals surface area contributed by atoms with E-state index in [0.29, 0.717) is 6.42 Å². The number of methoxy groups -OCH3 is 1. The van der Waals surface area contributed by atoms with Gasteiger partial charge in [-0.15, -0.1) is 11.3 Å². The number of benzene rings is 1. The third kappa shape index (κ3) is 3.82. The first-order valence-electron chi connectivity index (χ1n) is 7.02. The van der Waals surface area contributed by atoms with E-state index in [4.69, 9.17) is 4.74 Å². The first-order chi connectivity index (χ1) is 10.2. The molecular weight excluding hydrogens is 284 g/mol. The lowest BCUT2D eigenvalue weighted by molar-refractivity contribution is -0.120. The zero-order valence-corrected chi connectivity index (χ0v) is 13.4. The Bertz CT molecular complexity index is 622. The number of carbonyl (C=O) groups excluding carboxylic acids is 1. The number of para-hydroxylation sites is 1. The zero-order chi connectivity index (χ0) is 15.2. The predicted molar refractivity (Wildman–Crippen MR) is 85.8 cm³/mol. The van der Waals surface area contributed by atoms with E-state index in [1.807, 2.05) is 38.1 Å². The second kappa shape index (κ2) is 7.22. The minimum Gasteiger partial charge on any atom is -0.496 e. The molecule has 1 N–H and O–H groups in total. The molecule has 1 aromatic heterocycles. The lowest BCUT2D eigenvalue weighted by Crippen LogP contribution is -2.25. The molecule has 0 saturated heterocycles. The van der Waals surface area contributed by atoms with Crippen molar-refractivity contribution in [2.45, 2.75) is 26.7 Å². The fraction of sp³-hybridized carbons (Fsp3) is 0.375. The highest BCUT2D eigenvalue weighted by molar-refractivity contribution is 7.15. The first-order valence-corrected chi connectivity index (χ1v) is 7.83. The molecule has 1 amide bonds. The summed E-state index contributed by atoms with van der Waals surface area (Å²) in [5.41, 5.74) is 1.88. The summed E-state index contributed by atoms with van der Waals surface area (Å²) in [7, 11) is 1.65. The van der Waals surface area contributed by atoms with Crippen molar-refractivity contribution < 1.29 is 9.53 Å². The molecule has 21 heavy (non-hydrogen) atoms. The first kappa shape index (κ1) is 15.5. The third-order valence-electron chi connectivity index (χ3n) is 3.12. The van der Waals surface area contributed by atoms with E-state index in [0.717, 1.165) is 39.9 Å². The predicted octanol–water partition coefficient (Wildman–Crippen LogP) is 3.20. The van der Waals surface area contributed by atoms with Crippen LogP contribution in [0.2, 0.25) is 0 Å². The van der Waals surface area contributed by atoms with E-state index in [2.05, 4.69) is 10.3 Å². The highest BCUT2D eigenvalue weighted by atomic mass is 32.1. The average Bonchev–Trinajstić information content (AvgIpc) is 2.86. The lowest BCUT2D eigenvalue weighted by Gasteiger charge is -2.04. The highest BCUT2D eigenvalue weighted by Gasteiger charge is 2.15. The van der Waals surface area contributed by atoms with Gasteiger partial charge < -0.3 is 10.1 Å². The van der Waals surface area contributed by atoms with Crippen molar-refractivity contribution in [2.24, 2.45) is 0 Å². The normalized spacial score (nSPS) is 10.4. The second-order valence-electron chi connectivity index (χ2n) is 4.75. The molecule has 2 rings (SSSR count). The van der Waals surface area contributed by atoms with Crippen molar-refractivity contribution in [3.63, 3.8) is 0 Å². The fourth-order valence-electron chi connectivity index (χ4n) is 2.00. The zero-order valence-electron chi connectivity index (χ0n) is 12.6. The maximum Gasteiger partial charge on any atom is 0.225 e. The third-order valence-corrected chi connectivity index (χ3v) is 4.31. The Morgan fingerprint density at radius 3 is 2.86 bits per heavy atom. The van der Waals surface area contributed by atoms with Gasteiger partial charge in [0.2, 0.25) is 5.91 Å². The molecule has 1 heterocycles. The van der Waals surface area contributed by atoms with Gasteiger partial charge in [0.05, 0.1) is 24.8 Å². The Labute approximate surface area is 129 Å². The second-order valence-corrected chi connectivity index (χ2v) is 5.84. The number of ether oxygens (including phenoxy) is 1. The van der Waals surface area contributed by atoms with Crippen molar-refractivity contribution in [2.75, 3.05) is 13.7 Å². The van der Waals surface area contributed by atoms with E-state index in [1.54, 1.807) is 18.4 Å². The standard InChI is InChI=1S/C16H20N2O2S/c1-4-9-17-15(19)10-14-11(2)18-16(21-14)12-7-5-6-8-13(12)20-3/h5-8H,4,9-10H2,1-3H3,(H,17,19). The van der Waals surface area contributed by atoms with Crippen LogP contribution in [0.5, 0.6) is 5.75 Å². The monoisotopic (exact) mass is 304 g/mol. The van der Waals surface area contributed by atoms with E-state index >= 15 is 0 Å². The molecule has 5 heteroatoms. The minimum absolute atomic E-state index is 0.0511. The summed E-state index contributed by atoms with van der Waals surface area (Å²) in [6.45, 7) is 4.70. The van der Waals surface area contributed by atoms with Gasteiger partial charge in [0, 0.05) is 11.4 Å². The Hall–Kier alpha value is -1.88. The molecule has 0 aliphatic heterocycles. The van der Waals surface area contributed by atoms with Crippen LogP contribution in [0.25, 0.3) is 10.6 Å². The van der Waals surface area contributed by atoms with E-state index in [1.165, 1.54) is 0 Å². The number of hydrogen-bond acceptors (Lipinski definition) is 4. The van der Waals surface area contributed by atoms with Gasteiger partial charge in [-0.2, -0.15) is 0 Å². The molecule has 0 saturated carbocycles. The number of carbonyl (C=O) groups is 1. The number of aryl methyl sites for hydroxylation is 1.